The third-order valence-electron chi connectivity index (χ3n) is 4.97. The summed E-state index contributed by atoms with van der Waals surface area (Å²) in [4.78, 5) is 33.5. The van der Waals surface area contributed by atoms with Gasteiger partial charge in [0.05, 0.1) is 24.0 Å². The molecule has 0 bridgehead atoms. The smallest absolute Gasteiger partial charge is 0.297 e. The number of rotatable bonds is 4. The van der Waals surface area contributed by atoms with Crippen molar-refractivity contribution in [2.75, 3.05) is 0 Å². The van der Waals surface area contributed by atoms with Crippen molar-refractivity contribution >= 4 is 28.0 Å². The first kappa shape index (κ1) is 18.0. The van der Waals surface area contributed by atoms with E-state index in [0.29, 0.717) is 16.6 Å². The Morgan fingerprint density at radius 3 is 2.33 bits per heavy atom. The monoisotopic (exact) mass is 395 g/mol. The molecule has 0 unspecified atom stereocenters. The zero-order valence-electron chi connectivity index (χ0n) is 16.2. The number of furan rings is 1. The molecule has 0 fully saturated rings. The number of Topliss-reactive ketones (excluding diaryl/α,β-unsaturated/α-hetero) is 1. The molecule has 30 heavy (non-hydrogen) atoms. The Hall–Kier alpha value is -4.06. The van der Waals surface area contributed by atoms with Crippen molar-refractivity contribution in [3.63, 3.8) is 0 Å². The van der Waals surface area contributed by atoms with E-state index in [-0.39, 0.29) is 17.9 Å². The van der Waals surface area contributed by atoms with Crippen molar-refractivity contribution in [2.24, 2.45) is 0 Å². The Bertz CT molecular complexity index is 1450. The van der Waals surface area contributed by atoms with Gasteiger partial charge in [0, 0.05) is 5.56 Å². The lowest BCUT2D eigenvalue weighted by atomic mass is 10.00. The van der Waals surface area contributed by atoms with Crippen molar-refractivity contribution in [3.8, 4) is 22.4 Å². The molecule has 5 aromatic rings. The largest absolute Gasteiger partial charge is 0.430 e. The second-order valence-corrected chi connectivity index (χ2v) is 7.13. The third kappa shape index (κ3) is 2.99. The molecule has 0 aliphatic carbocycles. The van der Waals surface area contributed by atoms with Crippen LogP contribution < -0.4 is 5.56 Å². The van der Waals surface area contributed by atoms with Crippen LogP contribution >= 0.6 is 0 Å². The number of carbonyl (C=O) groups is 1. The number of ketones is 1. The Morgan fingerprint density at radius 1 is 1.00 bits per heavy atom. The summed E-state index contributed by atoms with van der Waals surface area (Å²) in [7, 11) is 0. The van der Waals surface area contributed by atoms with Gasteiger partial charge in [-0.3, -0.25) is 14.2 Å². The molecule has 0 N–H and O–H groups in total. The molecular weight excluding hydrogens is 378 g/mol. The lowest BCUT2D eigenvalue weighted by Crippen LogP contribution is -2.23. The van der Waals surface area contributed by atoms with E-state index in [0.717, 1.165) is 22.4 Å². The molecule has 0 aliphatic rings. The number of benzene rings is 2. The van der Waals surface area contributed by atoms with Gasteiger partial charge in [-0.1, -0.05) is 60.7 Å². The first-order valence-corrected chi connectivity index (χ1v) is 9.55. The van der Waals surface area contributed by atoms with Crippen LogP contribution in [-0.2, 0) is 11.3 Å². The molecular formula is C24H17N3O3. The van der Waals surface area contributed by atoms with Crippen molar-refractivity contribution in [3.05, 3.63) is 83.4 Å². The van der Waals surface area contributed by atoms with Gasteiger partial charge in [-0.2, -0.15) is 0 Å². The molecule has 0 saturated carbocycles. The zero-order valence-corrected chi connectivity index (χ0v) is 16.2. The number of nitrogens with zero attached hydrogens (tertiary/aromatic N) is 3. The molecule has 0 amide bonds. The molecule has 5 rings (SSSR count). The summed E-state index contributed by atoms with van der Waals surface area (Å²) in [6.07, 6.45) is 1.39. The fourth-order valence-electron chi connectivity index (χ4n) is 3.62. The van der Waals surface area contributed by atoms with Crippen LogP contribution in [0.25, 0.3) is 44.6 Å². The van der Waals surface area contributed by atoms with Gasteiger partial charge in [-0.25, -0.2) is 9.97 Å². The highest BCUT2D eigenvalue weighted by atomic mass is 16.3. The zero-order chi connectivity index (χ0) is 20.7. The minimum atomic E-state index is -0.395. The van der Waals surface area contributed by atoms with E-state index in [1.165, 1.54) is 17.8 Å². The molecule has 0 aliphatic heterocycles. The maximum atomic E-state index is 12.9. The van der Waals surface area contributed by atoms with Crippen molar-refractivity contribution in [1.82, 2.24) is 14.5 Å². The number of pyridine rings is 1. The minimum Gasteiger partial charge on any atom is -0.430 e. The van der Waals surface area contributed by atoms with Gasteiger partial charge in [0.25, 0.3) is 5.56 Å². The van der Waals surface area contributed by atoms with Gasteiger partial charge in [0.1, 0.15) is 11.3 Å². The Labute approximate surface area is 171 Å². The van der Waals surface area contributed by atoms with Crippen molar-refractivity contribution in [1.29, 1.82) is 0 Å². The Morgan fingerprint density at radius 2 is 1.67 bits per heavy atom. The Balaban J connectivity index is 1.86. The van der Waals surface area contributed by atoms with Crippen LogP contribution in [0.1, 0.15) is 6.92 Å². The summed E-state index contributed by atoms with van der Waals surface area (Å²) in [5.74, 6) is -0.135. The van der Waals surface area contributed by atoms with Gasteiger partial charge < -0.3 is 4.42 Å². The molecule has 3 aromatic heterocycles. The molecule has 6 nitrogen and oxygen atoms in total. The lowest BCUT2D eigenvalue weighted by molar-refractivity contribution is -0.117. The minimum absolute atomic E-state index is 0.0486. The average molecular weight is 395 g/mol. The molecule has 6 heteroatoms. The van der Waals surface area contributed by atoms with Crippen LogP contribution in [-0.4, -0.2) is 20.3 Å². The molecule has 146 valence electrons. The summed E-state index contributed by atoms with van der Waals surface area (Å²) in [6.45, 7) is 1.38. The normalized spacial score (nSPS) is 11.2. The molecule has 0 radical (unpaired) electrons. The van der Waals surface area contributed by atoms with Gasteiger partial charge in [0.2, 0.25) is 11.3 Å². The van der Waals surface area contributed by atoms with Crippen LogP contribution in [0.4, 0.5) is 0 Å². The topological polar surface area (TPSA) is 78.0 Å². The van der Waals surface area contributed by atoms with E-state index < -0.39 is 5.56 Å². The first-order valence-electron chi connectivity index (χ1n) is 9.55. The van der Waals surface area contributed by atoms with Crippen LogP contribution in [0.5, 0.6) is 0 Å². The van der Waals surface area contributed by atoms with Crippen LogP contribution in [0.2, 0.25) is 0 Å². The second kappa shape index (κ2) is 7.08. The van der Waals surface area contributed by atoms with Crippen LogP contribution in [0, 0.1) is 0 Å². The number of hydrogen-bond acceptors (Lipinski definition) is 5. The predicted octanol–water partition coefficient (Wildman–Crippen LogP) is 4.46. The summed E-state index contributed by atoms with van der Waals surface area (Å²) >= 11 is 0. The maximum Gasteiger partial charge on any atom is 0.297 e. The number of hydrogen-bond donors (Lipinski definition) is 0. The summed E-state index contributed by atoms with van der Waals surface area (Å²) in [6, 6.07) is 21.7. The van der Waals surface area contributed by atoms with Gasteiger partial charge >= 0.3 is 0 Å². The number of aromatic nitrogens is 3. The average Bonchev–Trinajstić information content (AvgIpc) is 3.15. The molecule has 0 saturated heterocycles. The predicted molar refractivity (Wildman–Crippen MR) is 115 cm³/mol. The highest BCUT2D eigenvalue weighted by Gasteiger charge is 2.20. The third-order valence-corrected chi connectivity index (χ3v) is 4.97. The van der Waals surface area contributed by atoms with E-state index in [1.54, 1.807) is 0 Å². The molecule has 0 spiro atoms. The lowest BCUT2D eigenvalue weighted by Gasteiger charge is -2.07. The molecule has 3 heterocycles. The quantitative estimate of drug-likeness (QED) is 0.449. The van der Waals surface area contributed by atoms with E-state index in [4.69, 9.17) is 4.42 Å². The molecule has 2 aromatic carbocycles. The van der Waals surface area contributed by atoms with E-state index in [9.17, 15) is 9.59 Å². The maximum absolute atomic E-state index is 12.9. The van der Waals surface area contributed by atoms with Gasteiger partial charge in [0.15, 0.2) is 0 Å². The second-order valence-electron chi connectivity index (χ2n) is 7.13. The summed E-state index contributed by atoms with van der Waals surface area (Å²) in [5.41, 5.74) is 4.03. The van der Waals surface area contributed by atoms with Crippen molar-refractivity contribution in [2.45, 2.75) is 13.5 Å². The van der Waals surface area contributed by atoms with Crippen molar-refractivity contribution < 1.29 is 9.21 Å². The van der Waals surface area contributed by atoms with E-state index in [2.05, 4.69) is 9.97 Å². The highest BCUT2D eigenvalue weighted by molar-refractivity contribution is 6.09. The Kier molecular flexibility index (Phi) is 4.25. The summed E-state index contributed by atoms with van der Waals surface area (Å²) in [5, 5.41) is 0.683. The first-order chi connectivity index (χ1) is 14.6. The standard InChI is InChI=1S/C24H17N3O3/c1-15(28)13-27-14-25-21-20-18(16-8-4-2-5-9-16)12-19(17-10-6-3-7-11-17)26-23(20)30-22(21)24(27)29/h2-12,14H,13H2,1H3. The molecule has 0 atom stereocenters. The fraction of sp³-hybridized carbons (Fsp3) is 0.0833. The SMILES string of the molecule is CC(=O)Cn1cnc2c(oc3nc(-c4ccccc4)cc(-c4ccccc4)c32)c1=O. The summed E-state index contributed by atoms with van der Waals surface area (Å²) < 4.78 is 7.17. The fourth-order valence-corrected chi connectivity index (χ4v) is 3.62. The highest BCUT2D eigenvalue weighted by Crippen LogP contribution is 2.36. The van der Waals surface area contributed by atoms with Gasteiger partial charge in [-0.05, 0) is 24.1 Å². The van der Waals surface area contributed by atoms with E-state index >= 15 is 0 Å². The number of fused-ring (bicyclic) bond motifs is 3. The van der Waals surface area contributed by atoms with E-state index in [1.807, 2.05) is 66.7 Å². The van der Waals surface area contributed by atoms with Crippen LogP contribution in [0.3, 0.4) is 0 Å². The van der Waals surface area contributed by atoms with Gasteiger partial charge in [-0.15, -0.1) is 0 Å². The van der Waals surface area contributed by atoms with Crippen LogP contribution in [0.15, 0.2) is 82.3 Å². The number of carbonyl (C=O) groups excluding carboxylic acids is 1.